The van der Waals surface area contributed by atoms with Crippen LogP contribution in [-0.2, 0) is 16.3 Å². The Morgan fingerprint density at radius 2 is 1.84 bits per heavy atom. The fraction of sp³-hybridized carbons (Fsp3) is 0.600. The molecule has 4 heteroatoms. The average Bonchev–Trinajstić information content (AvgIpc) is 3.06. The topological polar surface area (TPSA) is 46.2 Å². The van der Waals surface area contributed by atoms with E-state index < -0.39 is 9.84 Å². The second-order valence-corrected chi connectivity index (χ2v) is 8.15. The lowest BCUT2D eigenvalue weighted by Gasteiger charge is -2.23. The molecule has 0 radical (unpaired) electrons. The zero-order valence-corrected chi connectivity index (χ0v) is 12.1. The van der Waals surface area contributed by atoms with Crippen LogP contribution in [0.15, 0.2) is 24.3 Å². The van der Waals surface area contributed by atoms with Gasteiger partial charge in [-0.2, -0.15) is 0 Å². The fourth-order valence-electron chi connectivity index (χ4n) is 3.67. The van der Waals surface area contributed by atoms with E-state index in [9.17, 15) is 8.42 Å². The molecule has 2 aliphatic carbocycles. The van der Waals surface area contributed by atoms with Crippen molar-refractivity contribution in [2.24, 2.45) is 0 Å². The quantitative estimate of drug-likeness (QED) is 0.923. The molecule has 2 atom stereocenters. The van der Waals surface area contributed by atoms with Crippen LogP contribution in [0, 0.1) is 0 Å². The van der Waals surface area contributed by atoms with Crippen LogP contribution in [0.1, 0.15) is 42.9 Å². The highest BCUT2D eigenvalue weighted by Gasteiger charge is 2.44. The molecule has 1 aromatic rings. The molecule has 0 heterocycles. The molecule has 1 saturated carbocycles. The number of rotatable bonds is 3. The molecular formula is C15H21NO2S. The molecule has 1 aromatic carbocycles. The summed E-state index contributed by atoms with van der Waals surface area (Å²) in [7, 11) is -1.16. The van der Waals surface area contributed by atoms with Crippen LogP contribution in [0.2, 0.25) is 0 Å². The fourth-order valence-corrected chi connectivity index (χ4v) is 6.23. The van der Waals surface area contributed by atoms with Gasteiger partial charge in [-0.15, -0.1) is 0 Å². The van der Waals surface area contributed by atoms with Gasteiger partial charge in [0, 0.05) is 6.04 Å². The van der Waals surface area contributed by atoms with Crippen LogP contribution in [0.3, 0.4) is 0 Å². The first-order valence-corrected chi connectivity index (χ1v) is 8.73. The molecule has 0 aliphatic heterocycles. The molecule has 1 N–H and O–H groups in total. The monoisotopic (exact) mass is 279 g/mol. The van der Waals surface area contributed by atoms with Crippen molar-refractivity contribution in [3.63, 3.8) is 0 Å². The standard InChI is InChI=1S/C15H21NO2S/c1-16-15-13-9-5-2-6-11(13)10-14(15)19(17,18)12-7-3-4-8-12/h2,5-6,9,12,14-16H,3-4,7-8,10H2,1H3. The lowest BCUT2D eigenvalue weighted by molar-refractivity contribution is 0.524. The molecule has 1 fully saturated rings. The van der Waals surface area contributed by atoms with E-state index >= 15 is 0 Å². The van der Waals surface area contributed by atoms with Crippen LogP contribution in [0.4, 0.5) is 0 Å². The minimum absolute atomic E-state index is 0.0400. The van der Waals surface area contributed by atoms with Crippen molar-refractivity contribution in [3.8, 4) is 0 Å². The van der Waals surface area contributed by atoms with E-state index in [0.717, 1.165) is 31.2 Å². The minimum atomic E-state index is -3.03. The van der Waals surface area contributed by atoms with Gasteiger partial charge in [-0.1, -0.05) is 37.1 Å². The average molecular weight is 279 g/mol. The summed E-state index contributed by atoms with van der Waals surface area (Å²) in [6.07, 6.45) is 4.50. The molecule has 0 spiro atoms. The molecule has 19 heavy (non-hydrogen) atoms. The zero-order valence-electron chi connectivity index (χ0n) is 11.3. The van der Waals surface area contributed by atoms with Gasteiger partial charge in [0.15, 0.2) is 9.84 Å². The first-order chi connectivity index (χ1) is 9.14. The van der Waals surface area contributed by atoms with E-state index in [4.69, 9.17) is 0 Å². The Kier molecular flexibility index (Phi) is 3.39. The third-order valence-electron chi connectivity index (χ3n) is 4.68. The summed E-state index contributed by atoms with van der Waals surface area (Å²) in [6.45, 7) is 0. The van der Waals surface area contributed by atoms with Gasteiger partial charge < -0.3 is 5.32 Å². The van der Waals surface area contributed by atoms with Crippen LogP contribution >= 0.6 is 0 Å². The Hall–Kier alpha value is -0.870. The highest BCUT2D eigenvalue weighted by molar-refractivity contribution is 7.92. The van der Waals surface area contributed by atoms with Gasteiger partial charge >= 0.3 is 0 Å². The maximum absolute atomic E-state index is 12.8. The van der Waals surface area contributed by atoms with Crippen LogP contribution in [0.25, 0.3) is 0 Å². The smallest absolute Gasteiger partial charge is 0.158 e. The normalized spacial score (nSPS) is 27.6. The summed E-state index contributed by atoms with van der Waals surface area (Å²) in [6, 6.07) is 8.07. The number of fused-ring (bicyclic) bond motifs is 1. The molecule has 3 nitrogen and oxygen atoms in total. The Balaban J connectivity index is 1.94. The first kappa shape index (κ1) is 13.1. The largest absolute Gasteiger partial charge is 0.312 e. The molecule has 2 unspecified atom stereocenters. The number of hydrogen-bond acceptors (Lipinski definition) is 3. The van der Waals surface area contributed by atoms with Gasteiger partial charge in [0.05, 0.1) is 10.5 Å². The van der Waals surface area contributed by atoms with Gasteiger partial charge in [-0.3, -0.25) is 0 Å². The third-order valence-corrected chi connectivity index (χ3v) is 7.37. The summed E-state index contributed by atoms with van der Waals surface area (Å²) in [5, 5.41) is 2.83. The Morgan fingerprint density at radius 1 is 1.16 bits per heavy atom. The Labute approximate surface area is 115 Å². The summed E-state index contributed by atoms with van der Waals surface area (Å²) in [5.74, 6) is 0. The van der Waals surface area contributed by atoms with Crippen molar-refractivity contribution in [1.29, 1.82) is 0 Å². The van der Waals surface area contributed by atoms with Crippen molar-refractivity contribution in [3.05, 3.63) is 35.4 Å². The summed E-state index contributed by atoms with van der Waals surface area (Å²) in [5.41, 5.74) is 2.35. The Morgan fingerprint density at radius 3 is 2.53 bits per heavy atom. The van der Waals surface area contributed by atoms with Gasteiger partial charge in [0.2, 0.25) is 0 Å². The predicted molar refractivity (Wildman–Crippen MR) is 76.9 cm³/mol. The van der Waals surface area contributed by atoms with Crippen molar-refractivity contribution < 1.29 is 8.42 Å². The van der Waals surface area contributed by atoms with E-state index in [1.807, 2.05) is 19.2 Å². The first-order valence-electron chi connectivity index (χ1n) is 7.12. The van der Waals surface area contributed by atoms with Crippen LogP contribution in [-0.4, -0.2) is 26.0 Å². The number of benzene rings is 1. The highest BCUT2D eigenvalue weighted by atomic mass is 32.2. The van der Waals surface area contributed by atoms with E-state index in [0.29, 0.717) is 6.42 Å². The molecule has 0 amide bonds. The van der Waals surface area contributed by atoms with E-state index in [1.165, 1.54) is 5.56 Å². The van der Waals surface area contributed by atoms with Crippen molar-refractivity contribution in [2.45, 2.75) is 48.6 Å². The van der Waals surface area contributed by atoms with Crippen molar-refractivity contribution in [1.82, 2.24) is 5.32 Å². The van der Waals surface area contributed by atoms with E-state index in [1.54, 1.807) is 0 Å². The summed E-state index contributed by atoms with van der Waals surface area (Å²) < 4.78 is 25.7. The number of hydrogen-bond donors (Lipinski definition) is 1. The molecule has 2 aliphatic rings. The minimum Gasteiger partial charge on any atom is -0.312 e. The molecule has 0 bridgehead atoms. The molecule has 0 saturated heterocycles. The summed E-state index contributed by atoms with van der Waals surface area (Å²) >= 11 is 0. The second-order valence-electron chi connectivity index (χ2n) is 5.70. The van der Waals surface area contributed by atoms with Gasteiger partial charge in [0.25, 0.3) is 0 Å². The maximum Gasteiger partial charge on any atom is 0.158 e. The number of nitrogens with one attached hydrogen (secondary N) is 1. The predicted octanol–water partition coefficient (Wildman–Crippen LogP) is 2.23. The molecule has 0 aromatic heterocycles. The molecule has 104 valence electrons. The summed E-state index contributed by atoms with van der Waals surface area (Å²) in [4.78, 5) is 0. The van der Waals surface area contributed by atoms with Gasteiger partial charge in [-0.25, -0.2) is 8.42 Å². The molecular weight excluding hydrogens is 258 g/mol. The molecule has 3 rings (SSSR count). The van der Waals surface area contributed by atoms with Gasteiger partial charge in [0.1, 0.15) is 0 Å². The van der Waals surface area contributed by atoms with E-state index in [2.05, 4.69) is 17.4 Å². The zero-order chi connectivity index (χ0) is 13.5. The Bertz CT molecular complexity index is 561. The lowest BCUT2D eigenvalue weighted by Crippen LogP contribution is -2.38. The van der Waals surface area contributed by atoms with Crippen molar-refractivity contribution in [2.75, 3.05) is 7.05 Å². The lowest BCUT2D eigenvalue weighted by atomic mass is 10.1. The number of sulfone groups is 1. The van der Waals surface area contributed by atoms with E-state index in [-0.39, 0.29) is 16.5 Å². The van der Waals surface area contributed by atoms with Crippen molar-refractivity contribution >= 4 is 9.84 Å². The third kappa shape index (κ3) is 2.11. The second kappa shape index (κ2) is 4.91. The SMILES string of the molecule is CNC1c2ccccc2CC1S(=O)(=O)C1CCCC1. The van der Waals surface area contributed by atoms with Gasteiger partial charge in [-0.05, 0) is 37.4 Å². The highest BCUT2D eigenvalue weighted by Crippen LogP contribution is 2.39. The maximum atomic E-state index is 12.8. The van der Waals surface area contributed by atoms with Crippen LogP contribution < -0.4 is 5.32 Å². The van der Waals surface area contributed by atoms with Crippen LogP contribution in [0.5, 0.6) is 0 Å².